The van der Waals surface area contributed by atoms with Gasteiger partial charge in [0, 0.05) is 12.1 Å². The Kier molecular flexibility index (Phi) is 3.90. The highest BCUT2D eigenvalue weighted by Crippen LogP contribution is 2.20. The molecule has 18 heavy (non-hydrogen) atoms. The van der Waals surface area contributed by atoms with Gasteiger partial charge < -0.3 is 16.2 Å². The Labute approximate surface area is 104 Å². The number of benzene rings is 1. The maximum atomic E-state index is 13.6. The summed E-state index contributed by atoms with van der Waals surface area (Å²) in [5.41, 5.74) is 4.19. The number of carbonyl (C=O) groups excluding carboxylic acids is 1. The van der Waals surface area contributed by atoms with E-state index in [2.05, 4.69) is 5.32 Å². The molecule has 6 heteroatoms. The number of carbonyl (C=O) groups is 2. The molecule has 0 fully saturated rings. The minimum absolute atomic E-state index is 0.0647. The van der Waals surface area contributed by atoms with E-state index in [9.17, 15) is 14.0 Å². The number of carboxylic acids is 1. The van der Waals surface area contributed by atoms with Crippen molar-refractivity contribution in [3.05, 3.63) is 29.6 Å². The molecule has 1 aromatic carbocycles. The predicted molar refractivity (Wildman–Crippen MR) is 64.8 cm³/mol. The van der Waals surface area contributed by atoms with Crippen molar-refractivity contribution < 1.29 is 19.1 Å². The summed E-state index contributed by atoms with van der Waals surface area (Å²) in [4.78, 5) is 21.7. The third kappa shape index (κ3) is 3.19. The molecule has 5 nitrogen and oxygen atoms in total. The van der Waals surface area contributed by atoms with E-state index in [-0.39, 0.29) is 17.8 Å². The summed E-state index contributed by atoms with van der Waals surface area (Å²) in [6, 6.07) is 3.74. The van der Waals surface area contributed by atoms with Gasteiger partial charge >= 0.3 is 5.97 Å². The summed E-state index contributed by atoms with van der Waals surface area (Å²) >= 11 is 0. The molecule has 0 aliphatic heterocycles. The van der Waals surface area contributed by atoms with Crippen molar-refractivity contribution in [1.29, 1.82) is 0 Å². The van der Waals surface area contributed by atoms with Gasteiger partial charge in [-0.2, -0.15) is 0 Å². The average molecular weight is 254 g/mol. The molecule has 1 amide bonds. The molecule has 1 rings (SSSR count). The SMILES string of the molecule is CC(C)(CNc1ccc(C(N)=O)cc1F)C(=O)O. The van der Waals surface area contributed by atoms with Crippen LogP contribution in [0.5, 0.6) is 0 Å². The fourth-order valence-electron chi connectivity index (χ4n) is 1.20. The molecule has 0 radical (unpaired) electrons. The first kappa shape index (κ1) is 14.0. The first-order chi connectivity index (χ1) is 8.24. The smallest absolute Gasteiger partial charge is 0.310 e. The van der Waals surface area contributed by atoms with E-state index in [1.807, 2.05) is 0 Å². The highest BCUT2D eigenvalue weighted by molar-refractivity contribution is 5.93. The van der Waals surface area contributed by atoms with Crippen LogP contribution in [0.25, 0.3) is 0 Å². The lowest BCUT2D eigenvalue weighted by Crippen LogP contribution is -2.32. The van der Waals surface area contributed by atoms with Crippen LogP contribution in [0, 0.1) is 11.2 Å². The fourth-order valence-corrected chi connectivity index (χ4v) is 1.20. The third-order valence-corrected chi connectivity index (χ3v) is 2.55. The van der Waals surface area contributed by atoms with Gasteiger partial charge in [-0.25, -0.2) is 4.39 Å². The van der Waals surface area contributed by atoms with Gasteiger partial charge in [-0.05, 0) is 32.0 Å². The highest BCUT2D eigenvalue weighted by atomic mass is 19.1. The van der Waals surface area contributed by atoms with Crippen molar-refractivity contribution in [3.8, 4) is 0 Å². The molecular weight excluding hydrogens is 239 g/mol. The molecule has 0 saturated carbocycles. The van der Waals surface area contributed by atoms with Gasteiger partial charge in [-0.1, -0.05) is 0 Å². The largest absolute Gasteiger partial charge is 0.481 e. The van der Waals surface area contributed by atoms with Crippen LogP contribution in [0.1, 0.15) is 24.2 Å². The number of nitrogens with one attached hydrogen (secondary N) is 1. The zero-order valence-corrected chi connectivity index (χ0v) is 10.2. The highest BCUT2D eigenvalue weighted by Gasteiger charge is 2.27. The minimum atomic E-state index is -1.02. The number of anilines is 1. The van der Waals surface area contributed by atoms with E-state index >= 15 is 0 Å². The Morgan fingerprint density at radius 3 is 2.50 bits per heavy atom. The van der Waals surface area contributed by atoms with Crippen molar-refractivity contribution in [1.82, 2.24) is 0 Å². The predicted octanol–water partition coefficient (Wildman–Crippen LogP) is 1.45. The summed E-state index contributed by atoms with van der Waals surface area (Å²) in [6.45, 7) is 3.12. The fraction of sp³-hybridized carbons (Fsp3) is 0.333. The van der Waals surface area contributed by atoms with Crippen LogP contribution in [0.2, 0.25) is 0 Å². The van der Waals surface area contributed by atoms with Crippen LogP contribution in [-0.2, 0) is 4.79 Å². The van der Waals surface area contributed by atoms with Crippen molar-refractivity contribution in [2.75, 3.05) is 11.9 Å². The maximum absolute atomic E-state index is 13.6. The second-order valence-corrected chi connectivity index (χ2v) is 4.60. The number of amides is 1. The van der Waals surface area contributed by atoms with E-state index < -0.39 is 23.1 Å². The van der Waals surface area contributed by atoms with E-state index in [1.165, 1.54) is 26.0 Å². The number of hydrogen-bond acceptors (Lipinski definition) is 3. The summed E-state index contributed by atoms with van der Waals surface area (Å²) in [6.07, 6.45) is 0. The topological polar surface area (TPSA) is 92.4 Å². The molecule has 4 N–H and O–H groups in total. The van der Waals surface area contributed by atoms with Gasteiger partial charge in [-0.15, -0.1) is 0 Å². The van der Waals surface area contributed by atoms with Gasteiger partial charge in [0.2, 0.25) is 5.91 Å². The lowest BCUT2D eigenvalue weighted by molar-refractivity contribution is -0.146. The summed E-state index contributed by atoms with van der Waals surface area (Å²) in [7, 11) is 0. The van der Waals surface area contributed by atoms with E-state index in [1.54, 1.807) is 0 Å². The molecular formula is C12H15FN2O3. The summed E-state index contributed by atoms with van der Waals surface area (Å²) < 4.78 is 13.6. The second-order valence-electron chi connectivity index (χ2n) is 4.60. The van der Waals surface area contributed by atoms with E-state index in [0.29, 0.717) is 0 Å². The van der Waals surface area contributed by atoms with E-state index in [4.69, 9.17) is 10.8 Å². The van der Waals surface area contributed by atoms with Gasteiger partial charge in [0.1, 0.15) is 5.82 Å². The van der Waals surface area contributed by atoms with Crippen LogP contribution in [0.3, 0.4) is 0 Å². The van der Waals surface area contributed by atoms with Gasteiger partial charge in [0.05, 0.1) is 11.1 Å². The van der Waals surface area contributed by atoms with Crippen LogP contribution in [0.15, 0.2) is 18.2 Å². The number of nitrogens with two attached hydrogens (primary N) is 1. The molecule has 1 aromatic rings. The number of primary amides is 1. The average Bonchev–Trinajstić information content (AvgIpc) is 2.26. The number of halogens is 1. The van der Waals surface area contributed by atoms with Crippen molar-refractivity contribution in [2.24, 2.45) is 11.1 Å². The molecule has 0 heterocycles. The molecule has 0 unspecified atom stereocenters. The van der Waals surface area contributed by atoms with Crippen LogP contribution in [-0.4, -0.2) is 23.5 Å². The first-order valence-corrected chi connectivity index (χ1v) is 5.30. The first-order valence-electron chi connectivity index (χ1n) is 5.30. The minimum Gasteiger partial charge on any atom is -0.481 e. The van der Waals surface area contributed by atoms with Crippen molar-refractivity contribution >= 4 is 17.6 Å². The number of rotatable bonds is 5. The molecule has 0 aromatic heterocycles. The molecule has 0 atom stereocenters. The summed E-state index contributed by atoms with van der Waals surface area (Å²) in [5.74, 6) is -2.34. The molecule has 0 saturated heterocycles. The third-order valence-electron chi connectivity index (χ3n) is 2.55. The lowest BCUT2D eigenvalue weighted by Gasteiger charge is -2.20. The zero-order valence-electron chi connectivity index (χ0n) is 10.2. The van der Waals surface area contributed by atoms with Crippen LogP contribution < -0.4 is 11.1 Å². The zero-order chi connectivity index (χ0) is 13.9. The van der Waals surface area contributed by atoms with Crippen LogP contribution >= 0.6 is 0 Å². The standard InChI is InChI=1S/C12H15FN2O3/c1-12(2,11(17)18)6-15-9-4-3-7(10(14)16)5-8(9)13/h3-5,15H,6H2,1-2H3,(H2,14,16)(H,17,18). The number of aliphatic carboxylic acids is 1. The Balaban J connectivity index is 2.81. The van der Waals surface area contributed by atoms with Crippen molar-refractivity contribution in [3.63, 3.8) is 0 Å². The molecule has 98 valence electrons. The van der Waals surface area contributed by atoms with E-state index in [0.717, 1.165) is 6.07 Å². The molecule has 0 bridgehead atoms. The lowest BCUT2D eigenvalue weighted by atomic mass is 9.94. The van der Waals surface area contributed by atoms with Gasteiger partial charge in [0.25, 0.3) is 0 Å². The molecule has 0 aliphatic rings. The Hall–Kier alpha value is -2.11. The molecule has 0 spiro atoms. The quantitative estimate of drug-likeness (QED) is 0.741. The normalized spacial score (nSPS) is 11.1. The number of carboxylic acid groups (broad SMARTS) is 1. The second kappa shape index (κ2) is 5.03. The Bertz CT molecular complexity index is 486. The monoisotopic (exact) mass is 254 g/mol. The Morgan fingerprint density at radius 2 is 2.06 bits per heavy atom. The van der Waals surface area contributed by atoms with Crippen molar-refractivity contribution in [2.45, 2.75) is 13.8 Å². The number of hydrogen-bond donors (Lipinski definition) is 3. The maximum Gasteiger partial charge on any atom is 0.310 e. The molecule has 0 aliphatic carbocycles. The Morgan fingerprint density at radius 1 is 1.44 bits per heavy atom. The van der Waals surface area contributed by atoms with Gasteiger partial charge in [0.15, 0.2) is 0 Å². The summed E-state index contributed by atoms with van der Waals surface area (Å²) in [5, 5.41) is 11.6. The van der Waals surface area contributed by atoms with Crippen LogP contribution in [0.4, 0.5) is 10.1 Å². The van der Waals surface area contributed by atoms with Gasteiger partial charge in [-0.3, -0.25) is 9.59 Å².